The molecule has 0 radical (unpaired) electrons. The number of hydrogen-bond donors (Lipinski definition) is 3. The van der Waals surface area contributed by atoms with Crippen LogP contribution in [-0.4, -0.2) is 68.6 Å². The molecule has 0 amide bonds. The average molecular weight is 893 g/mol. The van der Waals surface area contributed by atoms with Gasteiger partial charge in [-0.15, -0.1) is 0 Å². The van der Waals surface area contributed by atoms with Crippen LogP contribution in [0.4, 0.5) is 0 Å². The zero-order chi connectivity index (χ0) is 40.5. The number of nitrogens with one attached hydrogen (secondary N) is 3. The molecule has 17 heteroatoms. The number of pyridine rings is 2. The molecular weight excluding hydrogens is 847 g/mol. The second-order valence-electron chi connectivity index (χ2n) is 12.9. The molecule has 0 aliphatic carbocycles. The Balaban J connectivity index is 0.000000193. The molecule has 8 rings (SSSR count). The van der Waals surface area contributed by atoms with Crippen LogP contribution in [0, 0.1) is 27.7 Å². The monoisotopic (exact) mass is 890 g/mol. The SMILES string of the molecule is C.COc1nc(C2=NC(c3ccc(Cl)c(C)c3)CON2)ccc1-n1cnc(C)c1.COc1nc(C2=NC(c3ccc(Cl)c(C)c3)CON2)ccc1Br.Cc1cnc[nH]1. The Hall–Kier alpha value is -5.32. The summed E-state index contributed by atoms with van der Waals surface area (Å²) in [7, 11) is 3.16. The molecule has 3 N–H and O–H groups in total. The number of nitrogens with zero attached hydrogens (tertiary/aromatic N) is 7. The topological polar surface area (TPSA) is 158 Å². The summed E-state index contributed by atoms with van der Waals surface area (Å²) in [5.74, 6) is 2.09. The lowest BCUT2D eigenvalue weighted by molar-refractivity contribution is 0.0620. The molecule has 2 aromatic carbocycles. The van der Waals surface area contributed by atoms with E-state index < -0.39 is 0 Å². The Morgan fingerprint density at radius 3 is 1.76 bits per heavy atom. The molecule has 2 atom stereocenters. The van der Waals surface area contributed by atoms with Gasteiger partial charge in [-0.05, 0) is 102 Å². The maximum absolute atomic E-state index is 6.13. The number of hydroxylamine groups is 2. The Morgan fingerprint density at radius 1 is 0.759 bits per heavy atom. The zero-order valence-electron chi connectivity index (χ0n) is 32.0. The number of hydrogen-bond acceptors (Lipinski definition) is 12. The van der Waals surface area contributed by atoms with Crippen molar-refractivity contribution in [2.75, 3.05) is 27.4 Å². The number of aromatic nitrogens is 6. The quantitative estimate of drug-likeness (QED) is 0.142. The van der Waals surface area contributed by atoms with Crippen molar-refractivity contribution in [3.8, 4) is 17.4 Å². The van der Waals surface area contributed by atoms with E-state index in [1.807, 2.05) is 99.1 Å². The summed E-state index contributed by atoms with van der Waals surface area (Å²) in [6.45, 7) is 8.71. The number of aryl methyl sites for hydroxylation is 4. The Kier molecular flexibility index (Phi) is 15.4. The van der Waals surface area contributed by atoms with Crippen LogP contribution in [0.25, 0.3) is 5.69 Å². The lowest BCUT2D eigenvalue weighted by atomic mass is 10.1. The predicted molar refractivity (Wildman–Crippen MR) is 230 cm³/mol. The van der Waals surface area contributed by atoms with Crippen molar-refractivity contribution in [2.24, 2.45) is 9.98 Å². The van der Waals surface area contributed by atoms with Crippen molar-refractivity contribution in [2.45, 2.75) is 47.2 Å². The lowest BCUT2D eigenvalue weighted by Crippen LogP contribution is -2.33. The Labute approximate surface area is 356 Å². The van der Waals surface area contributed by atoms with E-state index in [2.05, 4.69) is 51.8 Å². The third-order valence-corrected chi connectivity index (χ3v) is 10.1. The van der Waals surface area contributed by atoms with E-state index in [0.29, 0.717) is 48.0 Å². The number of imidazole rings is 2. The van der Waals surface area contributed by atoms with Crippen LogP contribution in [0.2, 0.25) is 10.0 Å². The number of benzene rings is 2. The van der Waals surface area contributed by atoms with Crippen LogP contribution in [0.15, 0.2) is 100 Å². The zero-order valence-corrected chi connectivity index (χ0v) is 35.1. The van der Waals surface area contributed by atoms with Crippen LogP contribution >= 0.6 is 39.1 Å². The number of ether oxygens (including phenoxy) is 2. The maximum atomic E-state index is 6.13. The van der Waals surface area contributed by atoms with Gasteiger partial charge in [0.1, 0.15) is 42.4 Å². The van der Waals surface area contributed by atoms with E-state index >= 15 is 0 Å². The van der Waals surface area contributed by atoms with Crippen LogP contribution in [0.3, 0.4) is 0 Å². The number of rotatable bonds is 7. The second-order valence-corrected chi connectivity index (χ2v) is 14.6. The van der Waals surface area contributed by atoms with Gasteiger partial charge in [-0.25, -0.2) is 30.9 Å². The first kappa shape index (κ1) is 43.8. The summed E-state index contributed by atoms with van der Waals surface area (Å²) >= 11 is 15.6. The molecule has 6 aromatic rings. The Morgan fingerprint density at radius 2 is 1.31 bits per heavy atom. The first-order chi connectivity index (χ1) is 27.5. The molecule has 0 saturated heterocycles. The molecule has 0 bridgehead atoms. The van der Waals surface area contributed by atoms with Gasteiger partial charge in [0.25, 0.3) is 0 Å². The van der Waals surface area contributed by atoms with Crippen LogP contribution in [-0.2, 0) is 9.68 Å². The molecule has 58 heavy (non-hydrogen) atoms. The lowest BCUT2D eigenvalue weighted by Gasteiger charge is -2.22. The largest absolute Gasteiger partial charge is 0.480 e. The molecule has 304 valence electrons. The predicted octanol–water partition coefficient (Wildman–Crippen LogP) is 8.76. The van der Waals surface area contributed by atoms with Gasteiger partial charge in [-0.1, -0.05) is 54.9 Å². The van der Waals surface area contributed by atoms with Crippen LogP contribution in [0.1, 0.15) is 64.5 Å². The summed E-state index contributed by atoms with van der Waals surface area (Å²) in [5, 5.41) is 1.48. The van der Waals surface area contributed by atoms with Gasteiger partial charge < -0.3 is 19.0 Å². The van der Waals surface area contributed by atoms with E-state index in [-0.39, 0.29) is 19.5 Å². The fraction of sp³-hybridized carbons (Fsp3) is 0.268. The standard InChI is InChI=1S/C20H20ClN5O2.C16H15BrClN3O2.C4H6N2.CH4/c1-12-8-14(4-5-15(12)21)17-10-28-25-19(23-17)16-6-7-18(20(24-16)27-3)26-9-13(2)22-11-26;1-9-7-10(3-5-12(9)18)14-8-23-21-15(19-14)13-6-4-11(17)16(20-13)22-2;1-4-2-5-3-6-4;/h4-9,11,17H,10H2,1-3H3,(H,23,25);3-7,14H,8H2,1-2H3,(H,19,21);2-3H,1H3,(H,5,6);1H4. The normalized spacial score (nSPS) is 15.7. The molecule has 2 aliphatic rings. The third-order valence-electron chi connectivity index (χ3n) is 8.67. The van der Waals surface area contributed by atoms with Crippen molar-refractivity contribution in [3.05, 3.63) is 145 Å². The summed E-state index contributed by atoms with van der Waals surface area (Å²) in [6, 6.07) is 19.0. The highest BCUT2D eigenvalue weighted by Crippen LogP contribution is 2.29. The summed E-state index contributed by atoms with van der Waals surface area (Å²) < 4.78 is 13.4. The first-order valence-corrected chi connectivity index (χ1v) is 19.2. The number of H-pyrrole nitrogens is 1. The van der Waals surface area contributed by atoms with E-state index in [0.717, 1.165) is 53.8 Å². The molecule has 0 fully saturated rings. The molecular formula is C41H45BrCl2N10O4. The average Bonchev–Trinajstić information content (AvgIpc) is 3.91. The van der Waals surface area contributed by atoms with E-state index in [4.69, 9.17) is 52.3 Å². The van der Waals surface area contributed by atoms with Crippen LogP contribution < -0.4 is 20.4 Å². The molecule has 2 unspecified atom stereocenters. The highest BCUT2D eigenvalue weighted by Gasteiger charge is 2.22. The van der Waals surface area contributed by atoms with Gasteiger partial charge in [0.05, 0.1) is 37.0 Å². The van der Waals surface area contributed by atoms with Gasteiger partial charge in [-0.2, -0.15) is 0 Å². The number of methoxy groups -OCH3 is 2. The van der Waals surface area contributed by atoms with Crippen molar-refractivity contribution in [1.82, 2.24) is 40.4 Å². The van der Waals surface area contributed by atoms with E-state index in [1.54, 1.807) is 33.1 Å². The summed E-state index contributed by atoms with van der Waals surface area (Å²) in [6.07, 6.45) is 7.08. The highest BCUT2D eigenvalue weighted by atomic mass is 79.9. The highest BCUT2D eigenvalue weighted by molar-refractivity contribution is 9.10. The van der Waals surface area contributed by atoms with Gasteiger partial charge >= 0.3 is 0 Å². The molecule has 0 saturated carbocycles. The van der Waals surface area contributed by atoms with E-state index in [1.165, 1.54) is 0 Å². The van der Waals surface area contributed by atoms with Crippen molar-refractivity contribution in [1.29, 1.82) is 0 Å². The first-order valence-electron chi connectivity index (χ1n) is 17.7. The van der Waals surface area contributed by atoms with Gasteiger partial charge in [0.15, 0.2) is 11.7 Å². The smallest absolute Gasteiger partial charge is 0.238 e. The minimum Gasteiger partial charge on any atom is -0.480 e. The fourth-order valence-corrected chi connectivity index (χ4v) is 6.25. The van der Waals surface area contributed by atoms with Crippen molar-refractivity contribution >= 4 is 50.8 Å². The summed E-state index contributed by atoms with van der Waals surface area (Å²) in [5.41, 5.74) is 13.9. The molecule has 6 heterocycles. The number of aliphatic imine (C=N–C) groups is 2. The van der Waals surface area contributed by atoms with Gasteiger partial charge in [0.2, 0.25) is 11.8 Å². The van der Waals surface area contributed by atoms with Gasteiger partial charge in [-0.3, -0.25) is 19.7 Å². The minimum atomic E-state index is -0.143. The molecule has 2 aliphatic heterocycles. The van der Waals surface area contributed by atoms with Crippen LogP contribution in [0.5, 0.6) is 11.8 Å². The van der Waals surface area contributed by atoms with Crippen molar-refractivity contribution < 1.29 is 19.1 Å². The van der Waals surface area contributed by atoms with E-state index in [9.17, 15) is 0 Å². The number of aromatic amines is 1. The summed E-state index contributed by atoms with van der Waals surface area (Å²) in [4.78, 5) is 40.4. The number of halogens is 3. The van der Waals surface area contributed by atoms with Crippen molar-refractivity contribution in [3.63, 3.8) is 0 Å². The number of amidine groups is 2. The second kappa shape index (κ2) is 20.4. The fourth-order valence-electron chi connectivity index (χ4n) is 5.63. The minimum absolute atomic E-state index is 0. The Bertz CT molecular complexity index is 2370. The molecule has 4 aromatic heterocycles. The molecule has 0 spiro atoms. The van der Waals surface area contributed by atoms with Gasteiger partial charge in [0, 0.05) is 28.1 Å². The third kappa shape index (κ3) is 11.0. The maximum Gasteiger partial charge on any atom is 0.238 e. The molecule has 14 nitrogen and oxygen atoms in total.